The van der Waals surface area contributed by atoms with Gasteiger partial charge in [0.2, 0.25) is 0 Å². The molecule has 0 aromatic heterocycles. The minimum atomic E-state index is 0.746. The van der Waals surface area contributed by atoms with Gasteiger partial charge in [0.05, 0.1) is 0 Å². The zero-order valence-electron chi connectivity index (χ0n) is 7.05. The lowest BCUT2D eigenvalue weighted by Gasteiger charge is -2.10. The molecule has 2 nitrogen and oxygen atoms in total. The second-order valence-corrected chi connectivity index (χ2v) is 3.97. The van der Waals surface area contributed by atoms with Crippen molar-refractivity contribution in [1.29, 1.82) is 0 Å². The van der Waals surface area contributed by atoms with E-state index in [1.165, 1.54) is 32.1 Å². The Kier molecular flexibility index (Phi) is 2.14. The molecule has 0 spiro atoms. The van der Waals surface area contributed by atoms with E-state index in [-0.39, 0.29) is 0 Å². The Balaban J connectivity index is 1.84. The standard InChI is InChI=1S/C9H18N2/c10-5-4-8-6-7-2-1-3-9(7)11-8/h7-9,11H,1-6,10H2/t7-,8+,9+/m1/s1. The first-order valence-corrected chi connectivity index (χ1v) is 4.86. The number of nitrogens with two attached hydrogens (primary N) is 1. The highest BCUT2D eigenvalue weighted by Crippen LogP contribution is 2.35. The summed E-state index contributed by atoms with van der Waals surface area (Å²) in [5.41, 5.74) is 5.52. The predicted molar refractivity (Wildman–Crippen MR) is 46.3 cm³/mol. The fraction of sp³-hybridized carbons (Fsp3) is 1.00. The average molecular weight is 154 g/mol. The summed E-state index contributed by atoms with van der Waals surface area (Å²) in [5, 5.41) is 3.67. The molecular formula is C9H18N2. The van der Waals surface area contributed by atoms with Crippen LogP contribution in [0.15, 0.2) is 0 Å². The molecule has 0 bridgehead atoms. The Hall–Kier alpha value is -0.0800. The summed E-state index contributed by atoms with van der Waals surface area (Å²) >= 11 is 0. The first-order chi connectivity index (χ1) is 5.40. The fourth-order valence-corrected chi connectivity index (χ4v) is 2.68. The highest BCUT2D eigenvalue weighted by Gasteiger charge is 2.35. The van der Waals surface area contributed by atoms with E-state index in [9.17, 15) is 0 Å². The lowest BCUT2D eigenvalue weighted by Crippen LogP contribution is -2.30. The zero-order valence-corrected chi connectivity index (χ0v) is 7.05. The van der Waals surface area contributed by atoms with Crippen molar-refractivity contribution >= 4 is 0 Å². The van der Waals surface area contributed by atoms with E-state index in [1.807, 2.05) is 0 Å². The van der Waals surface area contributed by atoms with Gasteiger partial charge in [-0.3, -0.25) is 0 Å². The molecule has 3 N–H and O–H groups in total. The summed E-state index contributed by atoms with van der Waals surface area (Å²) in [6.45, 7) is 0.844. The molecule has 2 rings (SSSR count). The van der Waals surface area contributed by atoms with Crippen LogP contribution >= 0.6 is 0 Å². The summed E-state index contributed by atoms with van der Waals surface area (Å²) in [7, 11) is 0. The van der Waals surface area contributed by atoms with Gasteiger partial charge in [-0.2, -0.15) is 0 Å². The summed E-state index contributed by atoms with van der Waals surface area (Å²) in [4.78, 5) is 0. The Bertz CT molecular complexity index is 124. The van der Waals surface area contributed by atoms with Gasteiger partial charge in [-0.25, -0.2) is 0 Å². The van der Waals surface area contributed by atoms with Crippen molar-refractivity contribution in [2.24, 2.45) is 11.7 Å². The third-order valence-corrected chi connectivity index (χ3v) is 3.21. The van der Waals surface area contributed by atoms with Crippen molar-refractivity contribution in [3.05, 3.63) is 0 Å². The second-order valence-electron chi connectivity index (χ2n) is 3.97. The average Bonchev–Trinajstić information content (AvgIpc) is 2.46. The molecule has 0 amide bonds. The van der Waals surface area contributed by atoms with Crippen molar-refractivity contribution in [3.63, 3.8) is 0 Å². The molecule has 2 aliphatic rings. The summed E-state index contributed by atoms with van der Waals surface area (Å²) in [6, 6.07) is 1.60. The molecule has 11 heavy (non-hydrogen) atoms. The van der Waals surface area contributed by atoms with Gasteiger partial charge in [-0.1, -0.05) is 6.42 Å². The molecule has 1 aliphatic carbocycles. The van der Waals surface area contributed by atoms with Crippen LogP contribution in [0.5, 0.6) is 0 Å². The maximum absolute atomic E-state index is 5.52. The van der Waals surface area contributed by atoms with E-state index in [0.29, 0.717) is 0 Å². The maximum atomic E-state index is 5.52. The van der Waals surface area contributed by atoms with Crippen molar-refractivity contribution in [2.45, 2.75) is 44.2 Å². The normalized spacial score (nSPS) is 42.8. The monoisotopic (exact) mass is 154 g/mol. The first-order valence-electron chi connectivity index (χ1n) is 4.86. The minimum absolute atomic E-state index is 0.746. The van der Waals surface area contributed by atoms with Gasteiger partial charge in [0.25, 0.3) is 0 Å². The van der Waals surface area contributed by atoms with Crippen LogP contribution in [0, 0.1) is 5.92 Å². The predicted octanol–water partition coefficient (Wildman–Crippen LogP) is 0.866. The quantitative estimate of drug-likeness (QED) is 0.619. The molecule has 3 atom stereocenters. The van der Waals surface area contributed by atoms with Crippen LogP contribution in [0.4, 0.5) is 0 Å². The molecule has 64 valence electrons. The van der Waals surface area contributed by atoms with Gasteiger partial charge in [0.1, 0.15) is 0 Å². The molecule has 0 radical (unpaired) electrons. The molecule has 0 unspecified atom stereocenters. The molecule has 1 saturated carbocycles. The topological polar surface area (TPSA) is 38.0 Å². The number of rotatable bonds is 2. The van der Waals surface area contributed by atoms with Crippen LogP contribution in [-0.4, -0.2) is 18.6 Å². The van der Waals surface area contributed by atoms with Crippen molar-refractivity contribution in [2.75, 3.05) is 6.54 Å². The van der Waals surface area contributed by atoms with Gasteiger partial charge in [-0.05, 0) is 38.1 Å². The van der Waals surface area contributed by atoms with Crippen LogP contribution in [0.25, 0.3) is 0 Å². The van der Waals surface area contributed by atoms with Gasteiger partial charge >= 0.3 is 0 Å². The van der Waals surface area contributed by atoms with E-state index in [1.54, 1.807) is 0 Å². The Morgan fingerprint density at radius 2 is 2.27 bits per heavy atom. The van der Waals surface area contributed by atoms with Crippen molar-refractivity contribution in [3.8, 4) is 0 Å². The van der Waals surface area contributed by atoms with Crippen LogP contribution in [0.2, 0.25) is 0 Å². The third-order valence-electron chi connectivity index (χ3n) is 3.21. The molecule has 2 fully saturated rings. The Labute approximate surface area is 68.5 Å². The van der Waals surface area contributed by atoms with Crippen molar-refractivity contribution < 1.29 is 0 Å². The van der Waals surface area contributed by atoms with E-state index in [0.717, 1.165) is 24.5 Å². The molecule has 1 saturated heterocycles. The van der Waals surface area contributed by atoms with Crippen LogP contribution in [-0.2, 0) is 0 Å². The molecule has 0 aromatic carbocycles. The minimum Gasteiger partial charge on any atom is -0.330 e. The second kappa shape index (κ2) is 3.11. The van der Waals surface area contributed by atoms with E-state index in [2.05, 4.69) is 5.32 Å². The summed E-state index contributed by atoms with van der Waals surface area (Å²) in [5.74, 6) is 0.992. The van der Waals surface area contributed by atoms with Crippen LogP contribution < -0.4 is 11.1 Å². The number of nitrogens with one attached hydrogen (secondary N) is 1. The van der Waals surface area contributed by atoms with Gasteiger partial charge in [-0.15, -0.1) is 0 Å². The highest BCUT2D eigenvalue weighted by molar-refractivity contribution is 4.94. The smallest absolute Gasteiger partial charge is 0.00985 e. The lowest BCUT2D eigenvalue weighted by atomic mass is 10.0. The third kappa shape index (κ3) is 1.42. The van der Waals surface area contributed by atoms with Crippen LogP contribution in [0.1, 0.15) is 32.1 Å². The molecule has 2 heteroatoms. The van der Waals surface area contributed by atoms with Crippen molar-refractivity contribution in [1.82, 2.24) is 5.32 Å². The molecule has 1 heterocycles. The summed E-state index contributed by atoms with van der Waals surface area (Å²) < 4.78 is 0. The Morgan fingerprint density at radius 3 is 3.00 bits per heavy atom. The van der Waals surface area contributed by atoms with E-state index < -0.39 is 0 Å². The maximum Gasteiger partial charge on any atom is 0.00985 e. The Morgan fingerprint density at radius 1 is 1.36 bits per heavy atom. The van der Waals surface area contributed by atoms with E-state index in [4.69, 9.17) is 5.73 Å². The van der Waals surface area contributed by atoms with Gasteiger partial charge < -0.3 is 11.1 Å². The van der Waals surface area contributed by atoms with E-state index >= 15 is 0 Å². The molecule has 0 aromatic rings. The largest absolute Gasteiger partial charge is 0.330 e. The van der Waals surface area contributed by atoms with Gasteiger partial charge in [0, 0.05) is 12.1 Å². The highest BCUT2D eigenvalue weighted by atomic mass is 15.0. The fourth-order valence-electron chi connectivity index (χ4n) is 2.68. The van der Waals surface area contributed by atoms with Gasteiger partial charge in [0.15, 0.2) is 0 Å². The molecular weight excluding hydrogens is 136 g/mol. The zero-order chi connectivity index (χ0) is 7.68. The molecule has 1 aliphatic heterocycles. The lowest BCUT2D eigenvalue weighted by molar-refractivity contribution is 0.506. The number of hydrogen-bond acceptors (Lipinski definition) is 2. The first kappa shape index (κ1) is 7.56. The SMILES string of the molecule is NCC[C@H]1C[C@H]2CCC[C@@H]2N1. The van der Waals surface area contributed by atoms with Crippen LogP contribution in [0.3, 0.4) is 0 Å². The summed E-state index contributed by atoms with van der Waals surface area (Å²) in [6.07, 6.45) is 6.87. The number of hydrogen-bond donors (Lipinski definition) is 2. The number of fused-ring (bicyclic) bond motifs is 1.